The van der Waals surface area contributed by atoms with Crippen molar-refractivity contribution in [1.82, 2.24) is 19.7 Å². The highest BCUT2D eigenvalue weighted by molar-refractivity contribution is 6.11. The molecule has 0 bridgehead atoms. The zero-order valence-electron chi connectivity index (χ0n) is 14.0. The highest BCUT2D eigenvalue weighted by Crippen LogP contribution is 2.23. The summed E-state index contributed by atoms with van der Waals surface area (Å²) in [5, 5.41) is 8.89. The first-order chi connectivity index (χ1) is 12.7. The number of hydrogen-bond donors (Lipinski definition) is 1. The summed E-state index contributed by atoms with van der Waals surface area (Å²) in [6.45, 7) is 4.66. The van der Waals surface area contributed by atoms with Gasteiger partial charge < -0.3 is 10.2 Å². The number of rotatable bonds is 4. The van der Waals surface area contributed by atoms with Gasteiger partial charge >= 0.3 is 0 Å². The molecule has 1 aliphatic rings. The highest BCUT2D eigenvalue weighted by atomic mass is 16.2. The van der Waals surface area contributed by atoms with E-state index in [2.05, 4.69) is 22.0 Å². The van der Waals surface area contributed by atoms with Crippen LogP contribution in [0.2, 0.25) is 0 Å². The van der Waals surface area contributed by atoms with E-state index in [1.165, 1.54) is 6.08 Å². The van der Waals surface area contributed by atoms with Crippen LogP contribution >= 0.6 is 0 Å². The number of carbonyl (C=O) groups excluding carboxylic acids is 2. The standard InChI is InChI=1S/C19H17N5O2/c1-2-17(25)23-11-15(12-23)24-10-14(9-21-24)22-19(26)18-16-6-4-3-5-13(16)7-8-20-18/h2-10,15H,1,11-12H2,(H,22,26). The number of aromatic nitrogens is 3. The van der Waals surface area contributed by atoms with Crippen molar-refractivity contribution in [3.63, 3.8) is 0 Å². The topological polar surface area (TPSA) is 80.1 Å². The van der Waals surface area contributed by atoms with E-state index in [4.69, 9.17) is 0 Å². The molecule has 3 heterocycles. The van der Waals surface area contributed by atoms with E-state index >= 15 is 0 Å². The van der Waals surface area contributed by atoms with Gasteiger partial charge in [-0.15, -0.1) is 0 Å². The summed E-state index contributed by atoms with van der Waals surface area (Å²) in [5.41, 5.74) is 0.973. The highest BCUT2D eigenvalue weighted by Gasteiger charge is 2.31. The minimum atomic E-state index is -0.279. The van der Waals surface area contributed by atoms with Crippen LogP contribution < -0.4 is 5.32 Å². The summed E-state index contributed by atoms with van der Waals surface area (Å²) in [5.74, 6) is -0.359. The van der Waals surface area contributed by atoms with Crippen molar-refractivity contribution in [3.05, 3.63) is 67.3 Å². The third-order valence-electron chi connectivity index (χ3n) is 4.47. The maximum Gasteiger partial charge on any atom is 0.274 e. The first-order valence-corrected chi connectivity index (χ1v) is 8.26. The van der Waals surface area contributed by atoms with E-state index in [0.717, 1.165) is 10.8 Å². The van der Waals surface area contributed by atoms with E-state index in [-0.39, 0.29) is 17.9 Å². The van der Waals surface area contributed by atoms with Gasteiger partial charge in [-0.05, 0) is 17.5 Å². The Hall–Kier alpha value is -3.48. The van der Waals surface area contributed by atoms with Gasteiger partial charge in [-0.25, -0.2) is 0 Å². The number of pyridine rings is 1. The number of amides is 2. The smallest absolute Gasteiger partial charge is 0.274 e. The lowest BCUT2D eigenvalue weighted by Crippen LogP contribution is -2.50. The molecule has 7 heteroatoms. The van der Waals surface area contributed by atoms with Crippen molar-refractivity contribution in [1.29, 1.82) is 0 Å². The summed E-state index contributed by atoms with van der Waals surface area (Å²) in [4.78, 5) is 30.0. The fourth-order valence-corrected chi connectivity index (χ4v) is 3.02. The lowest BCUT2D eigenvalue weighted by atomic mass is 10.1. The van der Waals surface area contributed by atoms with Gasteiger partial charge in [0.1, 0.15) is 5.69 Å². The van der Waals surface area contributed by atoms with E-state index in [9.17, 15) is 9.59 Å². The zero-order valence-corrected chi connectivity index (χ0v) is 14.0. The lowest BCUT2D eigenvalue weighted by Gasteiger charge is -2.38. The van der Waals surface area contributed by atoms with Gasteiger partial charge in [0.15, 0.2) is 0 Å². The molecule has 1 fully saturated rings. The lowest BCUT2D eigenvalue weighted by molar-refractivity contribution is -0.131. The molecule has 0 spiro atoms. The van der Waals surface area contributed by atoms with E-state index in [1.54, 1.807) is 28.2 Å². The number of nitrogens with zero attached hydrogens (tertiary/aromatic N) is 4. The van der Waals surface area contributed by atoms with Crippen LogP contribution in [-0.4, -0.2) is 44.6 Å². The minimum Gasteiger partial charge on any atom is -0.335 e. The molecular formula is C19H17N5O2. The Labute approximate surface area is 149 Å². The van der Waals surface area contributed by atoms with Gasteiger partial charge in [-0.1, -0.05) is 30.8 Å². The van der Waals surface area contributed by atoms with Crippen LogP contribution in [0.3, 0.4) is 0 Å². The number of likely N-dealkylation sites (tertiary alicyclic amines) is 1. The summed E-state index contributed by atoms with van der Waals surface area (Å²) in [6, 6.07) is 9.61. The monoisotopic (exact) mass is 347 g/mol. The maximum atomic E-state index is 12.6. The third kappa shape index (κ3) is 2.83. The predicted molar refractivity (Wildman–Crippen MR) is 97.7 cm³/mol. The molecule has 130 valence electrons. The second-order valence-electron chi connectivity index (χ2n) is 6.15. The number of hydrogen-bond acceptors (Lipinski definition) is 4. The van der Waals surface area contributed by atoms with E-state index < -0.39 is 0 Å². The molecular weight excluding hydrogens is 330 g/mol. The Morgan fingerprint density at radius 2 is 2.04 bits per heavy atom. The zero-order chi connectivity index (χ0) is 18.1. The Morgan fingerprint density at radius 3 is 2.85 bits per heavy atom. The van der Waals surface area contributed by atoms with Crippen LogP contribution in [0, 0.1) is 0 Å². The second-order valence-corrected chi connectivity index (χ2v) is 6.15. The summed E-state index contributed by atoms with van der Waals surface area (Å²) >= 11 is 0. The first kappa shape index (κ1) is 16.0. The third-order valence-corrected chi connectivity index (χ3v) is 4.47. The predicted octanol–water partition coefficient (Wildman–Crippen LogP) is 2.25. The van der Waals surface area contributed by atoms with Crippen molar-refractivity contribution in [3.8, 4) is 0 Å². The number of nitrogens with one attached hydrogen (secondary N) is 1. The fourth-order valence-electron chi connectivity index (χ4n) is 3.02. The molecule has 7 nitrogen and oxygen atoms in total. The molecule has 0 atom stereocenters. The molecule has 1 saturated heterocycles. The van der Waals surface area contributed by atoms with Gasteiger partial charge in [-0.3, -0.25) is 19.3 Å². The molecule has 1 aromatic carbocycles. The Kier molecular flexibility index (Phi) is 3.96. The van der Waals surface area contributed by atoms with Crippen molar-refractivity contribution >= 4 is 28.3 Å². The number of benzene rings is 1. The van der Waals surface area contributed by atoms with E-state index in [1.807, 2.05) is 30.3 Å². The Balaban J connectivity index is 1.47. The van der Waals surface area contributed by atoms with Crippen molar-refractivity contribution in [2.24, 2.45) is 0 Å². The summed E-state index contributed by atoms with van der Waals surface area (Å²) in [6.07, 6.45) is 6.30. The average Bonchev–Trinajstić information content (AvgIpc) is 3.07. The molecule has 0 radical (unpaired) electrons. The number of carbonyl (C=O) groups is 2. The van der Waals surface area contributed by atoms with Crippen molar-refractivity contribution < 1.29 is 9.59 Å². The van der Waals surface area contributed by atoms with E-state index in [0.29, 0.717) is 24.5 Å². The molecule has 4 rings (SSSR count). The molecule has 0 aliphatic carbocycles. The normalized spacial score (nSPS) is 14.1. The molecule has 2 amide bonds. The van der Waals surface area contributed by atoms with Crippen LogP contribution in [0.4, 0.5) is 5.69 Å². The van der Waals surface area contributed by atoms with Gasteiger partial charge in [0.2, 0.25) is 5.91 Å². The van der Waals surface area contributed by atoms with Crippen LogP contribution in [-0.2, 0) is 4.79 Å². The van der Waals surface area contributed by atoms with Crippen molar-refractivity contribution in [2.75, 3.05) is 18.4 Å². The van der Waals surface area contributed by atoms with Crippen LogP contribution in [0.25, 0.3) is 10.8 Å². The minimum absolute atomic E-state index is 0.0797. The molecule has 1 N–H and O–H groups in total. The Bertz CT molecular complexity index is 999. The molecule has 2 aromatic heterocycles. The van der Waals surface area contributed by atoms with Crippen LogP contribution in [0.15, 0.2) is 61.6 Å². The fraction of sp³-hybridized carbons (Fsp3) is 0.158. The molecule has 26 heavy (non-hydrogen) atoms. The quantitative estimate of drug-likeness (QED) is 0.734. The average molecular weight is 347 g/mol. The Morgan fingerprint density at radius 1 is 1.23 bits per heavy atom. The second kappa shape index (κ2) is 6.44. The SMILES string of the molecule is C=CC(=O)N1CC(n2cc(NC(=O)c3nccc4ccccc34)cn2)C1. The molecule has 0 saturated carbocycles. The molecule has 0 unspecified atom stereocenters. The molecule has 1 aliphatic heterocycles. The number of anilines is 1. The maximum absolute atomic E-state index is 12.6. The summed E-state index contributed by atoms with van der Waals surface area (Å²) < 4.78 is 1.76. The largest absolute Gasteiger partial charge is 0.335 e. The van der Waals surface area contributed by atoms with Gasteiger partial charge in [0, 0.05) is 30.9 Å². The first-order valence-electron chi connectivity index (χ1n) is 8.26. The summed E-state index contributed by atoms with van der Waals surface area (Å²) in [7, 11) is 0. The van der Waals surface area contributed by atoms with Crippen molar-refractivity contribution in [2.45, 2.75) is 6.04 Å². The molecule has 3 aromatic rings. The van der Waals surface area contributed by atoms with Crippen LogP contribution in [0.1, 0.15) is 16.5 Å². The van der Waals surface area contributed by atoms with Gasteiger partial charge in [0.05, 0.1) is 17.9 Å². The van der Waals surface area contributed by atoms with Crippen LogP contribution in [0.5, 0.6) is 0 Å². The number of fused-ring (bicyclic) bond motifs is 1. The van der Waals surface area contributed by atoms with Gasteiger partial charge in [-0.2, -0.15) is 5.10 Å². The van der Waals surface area contributed by atoms with Gasteiger partial charge in [0.25, 0.3) is 5.91 Å².